The molecule has 1 aliphatic heterocycles. The number of ether oxygens (including phenoxy) is 2. The van der Waals surface area contributed by atoms with Crippen molar-refractivity contribution >= 4 is 34.6 Å². The number of thioether (sulfide) groups is 1. The monoisotopic (exact) mass is 452 g/mol. The minimum absolute atomic E-state index is 0.154. The number of halogens is 2. The van der Waals surface area contributed by atoms with Crippen LogP contribution in [0.15, 0.2) is 76.6 Å². The fraction of sp³-hybridized carbons (Fsp3) is 0.0833. The SMILES string of the molecule is COc1cc(/C=C2\SC(=Nc3ccccc3F)NC2=O)ccc1OCc1ccc(F)cc1. The largest absolute Gasteiger partial charge is 0.493 e. The van der Waals surface area contributed by atoms with Gasteiger partial charge in [-0.3, -0.25) is 4.79 Å². The van der Waals surface area contributed by atoms with Crippen LogP contribution in [0.25, 0.3) is 6.08 Å². The van der Waals surface area contributed by atoms with Gasteiger partial charge in [-0.25, -0.2) is 13.8 Å². The number of hydrogen-bond donors (Lipinski definition) is 1. The third-order valence-corrected chi connectivity index (χ3v) is 5.43. The van der Waals surface area contributed by atoms with Crippen LogP contribution in [0.3, 0.4) is 0 Å². The predicted octanol–water partition coefficient (Wildman–Crippen LogP) is 5.44. The van der Waals surface area contributed by atoms with Crippen LogP contribution in [0, 0.1) is 11.6 Å². The molecule has 8 heteroatoms. The number of nitrogens with one attached hydrogen (secondary N) is 1. The van der Waals surface area contributed by atoms with E-state index in [9.17, 15) is 13.6 Å². The Hall–Kier alpha value is -3.65. The van der Waals surface area contributed by atoms with E-state index in [-0.39, 0.29) is 24.0 Å². The van der Waals surface area contributed by atoms with Gasteiger partial charge in [-0.15, -0.1) is 0 Å². The molecule has 0 saturated carbocycles. The molecule has 0 unspecified atom stereocenters. The first-order valence-corrected chi connectivity index (χ1v) is 10.4. The number of nitrogens with zero attached hydrogens (tertiary/aromatic N) is 1. The van der Waals surface area contributed by atoms with Gasteiger partial charge < -0.3 is 14.8 Å². The molecule has 1 fully saturated rings. The van der Waals surface area contributed by atoms with Crippen LogP contribution in [-0.2, 0) is 11.4 Å². The lowest BCUT2D eigenvalue weighted by molar-refractivity contribution is -0.115. The van der Waals surface area contributed by atoms with Crippen molar-refractivity contribution in [1.29, 1.82) is 0 Å². The minimum atomic E-state index is -0.465. The van der Waals surface area contributed by atoms with Gasteiger partial charge in [0.15, 0.2) is 16.7 Å². The summed E-state index contributed by atoms with van der Waals surface area (Å²) >= 11 is 1.12. The fourth-order valence-electron chi connectivity index (χ4n) is 2.92. The fourth-order valence-corrected chi connectivity index (χ4v) is 3.75. The highest BCUT2D eigenvalue weighted by Gasteiger charge is 2.24. The molecule has 0 bridgehead atoms. The Bertz CT molecular complexity index is 1210. The maximum atomic E-state index is 13.8. The van der Waals surface area contributed by atoms with E-state index in [2.05, 4.69) is 10.3 Å². The second kappa shape index (κ2) is 9.65. The summed E-state index contributed by atoms with van der Waals surface area (Å²) in [5.74, 6) is -0.0806. The van der Waals surface area contributed by atoms with Crippen molar-refractivity contribution in [3.63, 3.8) is 0 Å². The average Bonchev–Trinajstić information content (AvgIpc) is 3.14. The molecular formula is C24H18F2N2O3S. The highest BCUT2D eigenvalue weighted by molar-refractivity contribution is 8.18. The molecule has 0 atom stereocenters. The first-order valence-electron chi connectivity index (χ1n) is 9.61. The topological polar surface area (TPSA) is 59.9 Å². The number of aliphatic imine (C=N–C) groups is 1. The molecule has 1 heterocycles. The van der Waals surface area contributed by atoms with Crippen LogP contribution in [0.4, 0.5) is 14.5 Å². The smallest absolute Gasteiger partial charge is 0.264 e. The van der Waals surface area contributed by atoms with Gasteiger partial charge in [0.25, 0.3) is 5.91 Å². The Balaban J connectivity index is 1.49. The van der Waals surface area contributed by atoms with E-state index in [4.69, 9.17) is 9.47 Å². The number of carbonyl (C=O) groups excluding carboxylic acids is 1. The predicted molar refractivity (Wildman–Crippen MR) is 121 cm³/mol. The van der Waals surface area contributed by atoms with Gasteiger partial charge in [-0.2, -0.15) is 0 Å². The molecule has 162 valence electrons. The van der Waals surface area contributed by atoms with E-state index < -0.39 is 5.82 Å². The number of carbonyl (C=O) groups is 1. The van der Waals surface area contributed by atoms with E-state index >= 15 is 0 Å². The normalized spacial score (nSPS) is 15.8. The molecular weight excluding hydrogens is 434 g/mol. The molecule has 3 aromatic rings. The lowest BCUT2D eigenvalue weighted by atomic mass is 10.2. The van der Waals surface area contributed by atoms with E-state index in [0.717, 1.165) is 22.9 Å². The first-order chi connectivity index (χ1) is 15.5. The summed E-state index contributed by atoms with van der Waals surface area (Å²) in [6.07, 6.45) is 1.69. The zero-order chi connectivity index (χ0) is 22.5. The average molecular weight is 452 g/mol. The molecule has 32 heavy (non-hydrogen) atoms. The lowest BCUT2D eigenvalue weighted by Gasteiger charge is -2.11. The standard InChI is InChI=1S/C24H18F2N2O3S/c1-30-21-12-16(8-11-20(21)31-14-15-6-9-17(25)10-7-15)13-22-23(29)28-24(32-22)27-19-5-3-2-4-18(19)26/h2-13H,14H2,1H3,(H,27,28,29)/b22-13-. The Morgan fingerprint density at radius 1 is 1.03 bits per heavy atom. The Kier molecular flexibility index (Phi) is 6.51. The highest BCUT2D eigenvalue weighted by Crippen LogP contribution is 2.33. The van der Waals surface area contributed by atoms with E-state index in [1.54, 1.807) is 48.5 Å². The third-order valence-electron chi connectivity index (χ3n) is 4.52. The number of rotatable bonds is 6. The quantitative estimate of drug-likeness (QED) is 0.506. The summed E-state index contributed by atoms with van der Waals surface area (Å²) in [5.41, 5.74) is 1.70. The molecule has 3 aromatic carbocycles. The lowest BCUT2D eigenvalue weighted by Crippen LogP contribution is -2.19. The van der Waals surface area contributed by atoms with E-state index in [1.807, 2.05) is 0 Å². The van der Waals surface area contributed by atoms with Crippen molar-refractivity contribution in [2.24, 2.45) is 4.99 Å². The Morgan fingerprint density at radius 3 is 2.56 bits per heavy atom. The second-order valence-corrected chi connectivity index (χ2v) is 7.79. The number of benzene rings is 3. The molecule has 1 saturated heterocycles. The molecule has 5 nitrogen and oxygen atoms in total. The number of methoxy groups -OCH3 is 1. The van der Waals surface area contributed by atoms with E-state index in [0.29, 0.717) is 21.6 Å². The van der Waals surface area contributed by atoms with Crippen molar-refractivity contribution in [1.82, 2.24) is 5.32 Å². The second-order valence-electron chi connectivity index (χ2n) is 6.76. The summed E-state index contributed by atoms with van der Waals surface area (Å²) in [7, 11) is 1.52. The Morgan fingerprint density at radius 2 is 1.81 bits per heavy atom. The van der Waals surface area contributed by atoms with Crippen molar-refractivity contribution in [2.75, 3.05) is 7.11 Å². The molecule has 0 aliphatic carbocycles. The van der Waals surface area contributed by atoms with Gasteiger partial charge in [-0.05, 0) is 65.4 Å². The highest BCUT2D eigenvalue weighted by atomic mass is 32.2. The number of hydrogen-bond acceptors (Lipinski definition) is 5. The summed E-state index contributed by atoms with van der Waals surface area (Å²) in [6, 6.07) is 17.4. The summed E-state index contributed by atoms with van der Waals surface area (Å²) < 4.78 is 38.0. The van der Waals surface area contributed by atoms with Gasteiger partial charge in [0.2, 0.25) is 0 Å². The third kappa shape index (κ3) is 5.15. The first kappa shape index (κ1) is 21.6. The summed E-state index contributed by atoms with van der Waals surface area (Å²) in [4.78, 5) is 16.9. The molecule has 1 aliphatic rings. The minimum Gasteiger partial charge on any atom is -0.493 e. The Labute approximate surface area is 187 Å². The number of amides is 1. The van der Waals surface area contributed by atoms with Gasteiger partial charge in [0.1, 0.15) is 23.9 Å². The van der Waals surface area contributed by atoms with Crippen LogP contribution in [0.1, 0.15) is 11.1 Å². The van der Waals surface area contributed by atoms with Crippen LogP contribution in [0.2, 0.25) is 0 Å². The van der Waals surface area contributed by atoms with Gasteiger partial charge in [0, 0.05) is 0 Å². The van der Waals surface area contributed by atoms with Gasteiger partial charge in [0.05, 0.1) is 12.0 Å². The summed E-state index contributed by atoms with van der Waals surface area (Å²) in [5, 5.41) is 2.94. The molecule has 1 amide bonds. The molecule has 0 spiro atoms. The molecule has 0 radical (unpaired) electrons. The van der Waals surface area contributed by atoms with Gasteiger partial charge >= 0.3 is 0 Å². The number of amidine groups is 1. The van der Waals surface area contributed by atoms with Crippen molar-refractivity contribution in [3.05, 3.63) is 94.4 Å². The van der Waals surface area contributed by atoms with Crippen LogP contribution in [0.5, 0.6) is 11.5 Å². The van der Waals surface area contributed by atoms with Crippen LogP contribution < -0.4 is 14.8 Å². The van der Waals surface area contributed by atoms with Crippen molar-refractivity contribution < 1.29 is 23.0 Å². The summed E-state index contributed by atoms with van der Waals surface area (Å²) in [6.45, 7) is 0.255. The van der Waals surface area contributed by atoms with Crippen LogP contribution in [-0.4, -0.2) is 18.2 Å². The maximum absolute atomic E-state index is 13.8. The zero-order valence-electron chi connectivity index (χ0n) is 17.0. The molecule has 4 rings (SSSR count). The van der Waals surface area contributed by atoms with Crippen molar-refractivity contribution in [3.8, 4) is 11.5 Å². The number of para-hydroxylation sites is 1. The van der Waals surface area contributed by atoms with Crippen molar-refractivity contribution in [2.45, 2.75) is 6.61 Å². The molecule has 0 aromatic heterocycles. The molecule has 1 N–H and O–H groups in total. The van der Waals surface area contributed by atoms with Crippen LogP contribution >= 0.6 is 11.8 Å². The van der Waals surface area contributed by atoms with Gasteiger partial charge in [-0.1, -0.05) is 30.3 Å². The van der Waals surface area contributed by atoms with E-state index in [1.165, 1.54) is 31.4 Å². The maximum Gasteiger partial charge on any atom is 0.264 e. The zero-order valence-corrected chi connectivity index (χ0v) is 17.8.